The van der Waals surface area contributed by atoms with Gasteiger partial charge in [-0.2, -0.15) is 12.6 Å². The van der Waals surface area contributed by atoms with Gasteiger partial charge in [-0.1, -0.05) is 0 Å². The Morgan fingerprint density at radius 1 is 1.27 bits per heavy atom. The fourth-order valence-electron chi connectivity index (χ4n) is 1.65. The molecule has 0 amide bonds. The summed E-state index contributed by atoms with van der Waals surface area (Å²) in [6, 6.07) is 0. The van der Waals surface area contributed by atoms with Gasteiger partial charge in [-0.3, -0.25) is 0 Å². The molecule has 64 valence electrons. The fourth-order valence-corrected chi connectivity index (χ4v) is 1.99. The van der Waals surface area contributed by atoms with Crippen molar-refractivity contribution in [3.63, 3.8) is 0 Å². The molecule has 11 heavy (non-hydrogen) atoms. The van der Waals surface area contributed by atoms with Gasteiger partial charge in [-0.15, -0.1) is 0 Å². The van der Waals surface area contributed by atoms with E-state index in [2.05, 4.69) is 12.6 Å². The summed E-state index contributed by atoms with van der Waals surface area (Å²) < 4.78 is 16.1. The summed E-state index contributed by atoms with van der Waals surface area (Å²) in [5.74, 6) is 0. The van der Waals surface area contributed by atoms with Crippen LogP contribution in [0.5, 0.6) is 0 Å². The van der Waals surface area contributed by atoms with Crippen LogP contribution in [-0.2, 0) is 14.2 Å². The summed E-state index contributed by atoms with van der Waals surface area (Å²) in [4.78, 5) is 0. The molecule has 2 heterocycles. The lowest BCUT2D eigenvalue weighted by atomic mass is 10.1. The minimum atomic E-state index is 0.108. The second kappa shape index (κ2) is 2.94. The second-order valence-electron chi connectivity index (χ2n) is 2.94. The molecule has 2 unspecified atom stereocenters. The van der Waals surface area contributed by atoms with Gasteiger partial charge in [0.1, 0.15) is 18.3 Å². The van der Waals surface area contributed by atoms with Gasteiger partial charge < -0.3 is 14.2 Å². The average Bonchev–Trinajstić information content (AvgIpc) is 2.53. The van der Waals surface area contributed by atoms with Gasteiger partial charge in [-0.05, 0) is 0 Å². The first kappa shape index (κ1) is 7.86. The van der Waals surface area contributed by atoms with Crippen LogP contribution in [0.4, 0.5) is 0 Å². The van der Waals surface area contributed by atoms with Crippen molar-refractivity contribution < 1.29 is 14.2 Å². The van der Waals surface area contributed by atoms with E-state index in [0.717, 1.165) is 0 Å². The highest BCUT2D eigenvalue weighted by Crippen LogP contribution is 2.30. The number of hydrogen-bond acceptors (Lipinski definition) is 4. The summed E-state index contributed by atoms with van der Waals surface area (Å²) in [6.45, 7) is 1.32. The summed E-state index contributed by atoms with van der Waals surface area (Å²) >= 11 is 4.34. The van der Waals surface area contributed by atoms with Crippen molar-refractivity contribution in [1.29, 1.82) is 0 Å². The van der Waals surface area contributed by atoms with E-state index < -0.39 is 0 Å². The monoisotopic (exact) mass is 176 g/mol. The van der Waals surface area contributed by atoms with Gasteiger partial charge in [0.15, 0.2) is 0 Å². The molecule has 4 atom stereocenters. The molecule has 2 rings (SSSR count). The molecule has 4 heteroatoms. The Morgan fingerprint density at radius 2 is 2.00 bits per heavy atom. The van der Waals surface area contributed by atoms with Crippen molar-refractivity contribution >= 4 is 12.6 Å². The lowest BCUT2D eigenvalue weighted by molar-refractivity contribution is -0.00709. The predicted octanol–water partition coefficient (Wildman–Crippen LogP) is 0.0974. The fraction of sp³-hybridized carbons (Fsp3) is 1.00. The van der Waals surface area contributed by atoms with Gasteiger partial charge in [-0.25, -0.2) is 0 Å². The van der Waals surface area contributed by atoms with Gasteiger partial charge in [0.25, 0.3) is 0 Å². The molecule has 0 spiro atoms. The highest BCUT2D eigenvalue weighted by molar-refractivity contribution is 7.81. The number of rotatable bonds is 1. The van der Waals surface area contributed by atoms with Gasteiger partial charge >= 0.3 is 0 Å². The number of thiol groups is 1. The Balaban J connectivity index is 2.04. The maximum Gasteiger partial charge on any atom is 0.113 e. The molecule has 2 saturated heterocycles. The molecule has 0 N–H and O–H groups in total. The van der Waals surface area contributed by atoms with Crippen LogP contribution in [0.3, 0.4) is 0 Å². The lowest BCUT2D eigenvalue weighted by Crippen LogP contribution is -2.30. The van der Waals surface area contributed by atoms with Crippen LogP contribution >= 0.6 is 12.6 Å². The molecule has 0 aromatic rings. The second-order valence-corrected chi connectivity index (χ2v) is 3.60. The molecule has 0 saturated carbocycles. The Labute approximate surface area is 71.4 Å². The van der Waals surface area contributed by atoms with Crippen molar-refractivity contribution in [2.75, 3.05) is 20.3 Å². The molecule has 3 nitrogen and oxygen atoms in total. The van der Waals surface area contributed by atoms with Crippen LogP contribution in [0.15, 0.2) is 0 Å². The van der Waals surface area contributed by atoms with Crippen molar-refractivity contribution in [3.8, 4) is 0 Å². The van der Waals surface area contributed by atoms with E-state index in [4.69, 9.17) is 14.2 Å². The van der Waals surface area contributed by atoms with E-state index in [1.54, 1.807) is 7.11 Å². The predicted molar refractivity (Wildman–Crippen MR) is 43.1 cm³/mol. The zero-order valence-electron chi connectivity index (χ0n) is 6.40. The van der Waals surface area contributed by atoms with E-state index in [9.17, 15) is 0 Å². The Bertz CT molecular complexity index is 153. The minimum absolute atomic E-state index is 0.108. The zero-order valence-corrected chi connectivity index (χ0v) is 7.29. The average molecular weight is 176 g/mol. The first-order valence-corrected chi connectivity index (χ1v) is 4.28. The molecule has 0 radical (unpaired) electrons. The zero-order chi connectivity index (χ0) is 7.84. The van der Waals surface area contributed by atoms with Crippen LogP contribution in [0, 0.1) is 0 Å². The molecular formula is C7H12O3S. The SMILES string of the molecule is COC1CO[C@@H]2C(S)CO[C@H]12. The largest absolute Gasteiger partial charge is 0.376 e. The van der Waals surface area contributed by atoms with E-state index in [-0.39, 0.29) is 23.6 Å². The first-order valence-electron chi connectivity index (χ1n) is 3.77. The number of fused-ring (bicyclic) bond motifs is 1. The highest BCUT2D eigenvalue weighted by Gasteiger charge is 2.46. The maximum atomic E-state index is 5.47. The Morgan fingerprint density at radius 3 is 2.73 bits per heavy atom. The van der Waals surface area contributed by atoms with Crippen molar-refractivity contribution in [2.45, 2.75) is 23.6 Å². The number of ether oxygens (including phenoxy) is 3. The van der Waals surface area contributed by atoms with Crippen molar-refractivity contribution in [1.82, 2.24) is 0 Å². The molecule has 0 aliphatic carbocycles. The molecule has 0 aromatic carbocycles. The van der Waals surface area contributed by atoms with Crippen molar-refractivity contribution in [2.24, 2.45) is 0 Å². The van der Waals surface area contributed by atoms with Gasteiger partial charge in [0.05, 0.1) is 18.5 Å². The molecule has 2 fully saturated rings. The molecule has 2 aliphatic rings. The minimum Gasteiger partial charge on any atom is -0.376 e. The van der Waals surface area contributed by atoms with Crippen LogP contribution in [0.2, 0.25) is 0 Å². The molecular weight excluding hydrogens is 164 g/mol. The summed E-state index contributed by atoms with van der Waals surface area (Å²) in [5, 5.41) is 0.222. The van der Waals surface area contributed by atoms with E-state index in [1.165, 1.54) is 0 Å². The Kier molecular flexibility index (Phi) is 2.10. The normalized spacial score (nSPS) is 49.6. The topological polar surface area (TPSA) is 27.7 Å². The third-order valence-electron chi connectivity index (χ3n) is 2.28. The first-order chi connectivity index (χ1) is 5.33. The number of methoxy groups -OCH3 is 1. The molecule has 2 aliphatic heterocycles. The summed E-state index contributed by atoms with van der Waals surface area (Å²) in [6.07, 6.45) is 0.364. The van der Waals surface area contributed by atoms with Crippen molar-refractivity contribution in [3.05, 3.63) is 0 Å². The smallest absolute Gasteiger partial charge is 0.113 e. The maximum absolute atomic E-state index is 5.47. The van der Waals surface area contributed by atoms with Gasteiger partial charge in [0.2, 0.25) is 0 Å². The Hall–Kier alpha value is 0.230. The third kappa shape index (κ3) is 1.18. The van der Waals surface area contributed by atoms with Crippen LogP contribution in [0.1, 0.15) is 0 Å². The lowest BCUT2D eigenvalue weighted by Gasteiger charge is -2.13. The van der Waals surface area contributed by atoms with Crippen LogP contribution in [0.25, 0.3) is 0 Å². The summed E-state index contributed by atoms with van der Waals surface area (Å²) in [5.41, 5.74) is 0. The highest BCUT2D eigenvalue weighted by atomic mass is 32.1. The van der Waals surface area contributed by atoms with Crippen LogP contribution < -0.4 is 0 Å². The number of hydrogen-bond donors (Lipinski definition) is 1. The van der Waals surface area contributed by atoms with E-state index in [0.29, 0.717) is 13.2 Å². The quantitative estimate of drug-likeness (QED) is 0.574. The van der Waals surface area contributed by atoms with E-state index >= 15 is 0 Å². The molecule has 0 bridgehead atoms. The van der Waals surface area contributed by atoms with Crippen LogP contribution in [-0.4, -0.2) is 43.9 Å². The van der Waals surface area contributed by atoms with E-state index in [1.807, 2.05) is 0 Å². The summed E-state index contributed by atoms with van der Waals surface area (Å²) in [7, 11) is 1.69. The molecule has 0 aromatic heterocycles. The third-order valence-corrected chi connectivity index (χ3v) is 2.73. The standard InChI is InChI=1S/C7H12O3S/c1-8-4-2-9-7-5(11)3-10-6(4)7/h4-7,11H,2-3H2,1H3/t4?,5?,6-,7-/m1/s1. The van der Waals surface area contributed by atoms with Gasteiger partial charge in [0, 0.05) is 7.11 Å².